The molecule has 0 saturated heterocycles. The van der Waals surface area contributed by atoms with Crippen LogP contribution in [0, 0.1) is 28.6 Å². The number of rotatable bonds is 3. The Morgan fingerprint density at radius 1 is 0.969 bits per heavy atom. The van der Waals surface area contributed by atoms with Crippen LogP contribution in [0.5, 0.6) is 0 Å². The molecule has 3 saturated carbocycles. The Labute approximate surface area is 190 Å². The molecule has 1 amide bonds. The first kappa shape index (κ1) is 21.4. The largest absolute Gasteiger partial charge is 0.444 e. The maximum absolute atomic E-state index is 12.9. The first-order chi connectivity index (χ1) is 15.3. The highest BCUT2D eigenvalue weighted by Gasteiger charge is 2.59. The minimum absolute atomic E-state index is 0.0179. The summed E-state index contributed by atoms with van der Waals surface area (Å²) >= 11 is 0. The van der Waals surface area contributed by atoms with Crippen LogP contribution in [0.3, 0.4) is 0 Å². The fourth-order valence-electron chi connectivity index (χ4n) is 7.49. The van der Waals surface area contributed by atoms with Gasteiger partial charge in [0.2, 0.25) is 0 Å². The number of amides is 1. The molecule has 32 heavy (non-hydrogen) atoms. The van der Waals surface area contributed by atoms with Crippen LogP contribution in [0.2, 0.25) is 0 Å². The molecular formula is C27H33NO4. The smallest absolute Gasteiger partial charge is 0.412 e. The summed E-state index contributed by atoms with van der Waals surface area (Å²) in [5, 5.41) is 2.83. The van der Waals surface area contributed by atoms with Gasteiger partial charge in [-0.15, -0.1) is 0 Å². The molecule has 1 aromatic carbocycles. The first-order valence-electron chi connectivity index (χ1n) is 12.1. The molecule has 5 atom stereocenters. The van der Waals surface area contributed by atoms with Crippen molar-refractivity contribution in [2.45, 2.75) is 71.8 Å². The first-order valence-corrected chi connectivity index (χ1v) is 12.1. The summed E-state index contributed by atoms with van der Waals surface area (Å²) in [5.74, 6) is 1.95. The highest BCUT2D eigenvalue weighted by molar-refractivity contribution is 5.99. The average molecular weight is 436 g/mol. The number of fused-ring (bicyclic) bond motifs is 5. The number of hydrogen-bond donors (Lipinski definition) is 1. The Kier molecular flexibility index (Phi) is 5.26. The molecule has 5 nitrogen and oxygen atoms in total. The summed E-state index contributed by atoms with van der Waals surface area (Å²) < 4.78 is 5.41. The number of nitrogens with one attached hydrogen (secondary N) is 1. The number of carbonyl (C=O) groups excluding carboxylic acids is 3. The molecule has 0 spiro atoms. The summed E-state index contributed by atoms with van der Waals surface area (Å²) in [7, 11) is 0. The van der Waals surface area contributed by atoms with E-state index in [-0.39, 0.29) is 23.2 Å². The highest BCUT2D eigenvalue weighted by atomic mass is 16.5. The van der Waals surface area contributed by atoms with Crippen molar-refractivity contribution >= 4 is 17.7 Å². The maximum Gasteiger partial charge on any atom is 0.412 e. The second kappa shape index (κ2) is 7.86. The van der Waals surface area contributed by atoms with Crippen LogP contribution in [0.4, 0.5) is 4.79 Å². The van der Waals surface area contributed by atoms with Gasteiger partial charge >= 0.3 is 6.09 Å². The van der Waals surface area contributed by atoms with Crippen molar-refractivity contribution in [2.24, 2.45) is 28.6 Å². The third-order valence-electron chi connectivity index (χ3n) is 9.27. The molecule has 0 unspecified atom stereocenters. The van der Waals surface area contributed by atoms with E-state index in [0.29, 0.717) is 35.7 Å². The molecule has 5 heteroatoms. The van der Waals surface area contributed by atoms with Crippen LogP contribution in [-0.2, 0) is 20.9 Å². The van der Waals surface area contributed by atoms with Gasteiger partial charge in [0.1, 0.15) is 12.4 Å². The van der Waals surface area contributed by atoms with Crippen LogP contribution in [0.25, 0.3) is 0 Å². The third-order valence-corrected chi connectivity index (χ3v) is 9.27. The monoisotopic (exact) mass is 435 g/mol. The molecule has 4 aliphatic rings. The topological polar surface area (TPSA) is 72.5 Å². The zero-order valence-electron chi connectivity index (χ0n) is 19.1. The maximum atomic E-state index is 12.9. The Bertz CT molecular complexity index is 983. The van der Waals surface area contributed by atoms with Gasteiger partial charge in [0.25, 0.3) is 0 Å². The molecular weight excluding hydrogens is 402 g/mol. The number of allylic oxidation sites excluding steroid dienone is 1. The summed E-state index contributed by atoms with van der Waals surface area (Å²) in [5.41, 5.74) is 2.26. The predicted octanol–water partition coefficient (Wildman–Crippen LogP) is 5.34. The van der Waals surface area contributed by atoms with E-state index in [1.807, 2.05) is 30.3 Å². The molecule has 170 valence electrons. The number of Topliss-reactive ketones (excluding diaryl/α,β-unsaturated/α-hetero) is 2. The van der Waals surface area contributed by atoms with Gasteiger partial charge in [0.05, 0.1) is 5.70 Å². The van der Waals surface area contributed by atoms with E-state index >= 15 is 0 Å². The SMILES string of the molecule is C[C@]12CCC(=O)C(NC(=O)OCc3ccccc3)=C1CC[C@@H]1[C@H]2CC[C@]2(C)C(=O)CC[C@@H]12. The molecule has 0 aromatic heterocycles. The van der Waals surface area contributed by atoms with Crippen molar-refractivity contribution < 1.29 is 19.1 Å². The second-order valence-corrected chi connectivity index (χ2v) is 10.7. The molecule has 0 radical (unpaired) electrons. The van der Waals surface area contributed by atoms with Crippen LogP contribution < -0.4 is 5.32 Å². The van der Waals surface area contributed by atoms with Gasteiger partial charge in [-0.05, 0) is 72.8 Å². The van der Waals surface area contributed by atoms with Crippen molar-refractivity contribution in [1.82, 2.24) is 5.32 Å². The van der Waals surface area contributed by atoms with E-state index < -0.39 is 6.09 Å². The fourth-order valence-corrected chi connectivity index (χ4v) is 7.49. The zero-order valence-corrected chi connectivity index (χ0v) is 19.1. The Hall–Kier alpha value is -2.43. The predicted molar refractivity (Wildman–Crippen MR) is 120 cm³/mol. The Balaban J connectivity index is 1.37. The Morgan fingerprint density at radius 3 is 2.50 bits per heavy atom. The molecule has 0 bridgehead atoms. The van der Waals surface area contributed by atoms with E-state index in [9.17, 15) is 14.4 Å². The summed E-state index contributed by atoms with van der Waals surface area (Å²) in [6.07, 6.45) is 6.28. The van der Waals surface area contributed by atoms with Gasteiger partial charge in [-0.1, -0.05) is 44.2 Å². The lowest BCUT2D eigenvalue weighted by Crippen LogP contribution is -2.52. The molecule has 0 heterocycles. The number of hydrogen-bond acceptors (Lipinski definition) is 4. The number of carbonyl (C=O) groups is 3. The van der Waals surface area contributed by atoms with Gasteiger partial charge in [-0.3, -0.25) is 14.9 Å². The third kappa shape index (κ3) is 3.32. The number of ether oxygens (including phenoxy) is 1. The zero-order chi connectivity index (χ0) is 22.5. The van der Waals surface area contributed by atoms with Crippen molar-refractivity contribution in [3.63, 3.8) is 0 Å². The molecule has 1 aromatic rings. The number of alkyl carbamates (subject to hydrolysis) is 1. The lowest BCUT2D eigenvalue weighted by Gasteiger charge is -2.57. The number of ketones is 2. The summed E-state index contributed by atoms with van der Waals surface area (Å²) in [6.45, 7) is 4.67. The van der Waals surface area contributed by atoms with E-state index in [1.54, 1.807) is 0 Å². The van der Waals surface area contributed by atoms with Crippen molar-refractivity contribution in [3.8, 4) is 0 Å². The standard InChI is InChI=1S/C27H33NO4/c1-26-15-13-22(29)24(28-25(31)32-16-17-6-4-3-5-7-17)21(26)9-8-18-19-10-11-23(30)27(19,2)14-12-20(18)26/h3-7,18-20H,8-16H2,1-2H3,(H,28,31)/t18-,19-,20+,26+,27-/m0/s1. The van der Waals surface area contributed by atoms with Gasteiger partial charge in [0.15, 0.2) is 5.78 Å². The summed E-state index contributed by atoms with van der Waals surface area (Å²) in [4.78, 5) is 38.1. The normalized spacial score (nSPS) is 36.2. The van der Waals surface area contributed by atoms with Gasteiger partial charge in [0, 0.05) is 18.3 Å². The van der Waals surface area contributed by atoms with Crippen LogP contribution in [-0.4, -0.2) is 17.7 Å². The van der Waals surface area contributed by atoms with E-state index in [0.717, 1.165) is 56.1 Å². The molecule has 3 fully saturated rings. The van der Waals surface area contributed by atoms with Crippen molar-refractivity contribution in [3.05, 3.63) is 47.2 Å². The second-order valence-electron chi connectivity index (χ2n) is 10.7. The van der Waals surface area contributed by atoms with Crippen LogP contribution >= 0.6 is 0 Å². The molecule has 5 rings (SSSR count). The fraction of sp³-hybridized carbons (Fsp3) is 0.593. The number of benzene rings is 1. The van der Waals surface area contributed by atoms with Gasteiger partial charge < -0.3 is 4.74 Å². The van der Waals surface area contributed by atoms with Gasteiger partial charge in [-0.25, -0.2) is 4.79 Å². The lowest BCUT2D eigenvalue weighted by molar-refractivity contribution is -0.132. The van der Waals surface area contributed by atoms with E-state index in [2.05, 4.69) is 19.2 Å². The average Bonchev–Trinajstić information content (AvgIpc) is 3.10. The lowest BCUT2D eigenvalue weighted by atomic mass is 9.47. The molecule has 1 N–H and O–H groups in total. The molecule has 4 aliphatic carbocycles. The minimum atomic E-state index is -0.561. The molecule has 0 aliphatic heterocycles. The van der Waals surface area contributed by atoms with Crippen molar-refractivity contribution in [1.29, 1.82) is 0 Å². The summed E-state index contributed by atoms with van der Waals surface area (Å²) in [6, 6.07) is 9.54. The van der Waals surface area contributed by atoms with E-state index in [1.165, 1.54) is 0 Å². The van der Waals surface area contributed by atoms with Crippen LogP contribution in [0.15, 0.2) is 41.6 Å². The highest BCUT2D eigenvalue weighted by Crippen LogP contribution is 2.64. The Morgan fingerprint density at radius 2 is 1.72 bits per heavy atom. The van der Waals surface area contributed by atoms with Crippen molar-refractivity contribution in [2.75, 3.05) is 0 Å². The van der Waals surface area contributed by atoms with E-state index in [4.69, 9.17) is 4.74 Å². The quantitative estimate of drug-likeness (QED) is 0.695. The van der Waals surface area contributed by atoms with Crippen LogP contribution in [0.1, 0.15) is 70.8 Å². The minimum Gasteiger partial charge on any atom is -0.444 e. The van der Waals surface area contributed by atoms with Gasteiger partial charge in [-0.2, -0.15) is 0 Å².